The summed E-state index contributed by atoms with van der Waals surface area (Å²) < 4.78 is 0. The molecule has 0 aliphatic carbocycles. The zero-order chi connectivity index (χ0) is 51.8. The maximum absolute atomic E-state index is 14.6. The molecular weight excluding hydrogens is 933 g/mol. The Bertz CT molecular complexity index is 2350. The van der Waals surface area contributed by atoms with Gasteiger partial charge in [0.15, 0.2) is 0 Å². The van der Waals surface area contributed by atoms with Crippen LogP contribution in [0.2, 0.25) is 0 Å². The number of hydrogen-bond acceptors (Lipinski definition) is 12. The molecule has 2 aliphatic rings. The topological polar surface area (TPSA) is 296 Å². The summed E-state index contributed by atoms with van der Waals surface area (Å²) >= 11 is 0.620. The largest absolute Gasteiger partial charge is 0.508 e. The summed E-state index contributed by atoms with van der Waals surface area (Å²) in [5.74, 6) is -7.67. The number of phenolic OH excluding ortho intramolecular Hbond substituents is 1. The summed E-state index contributed by atoms with van der Waals surface area (Å²) in [4.78, 5) is 127. The number of nitrogens with two attached hydrogens (primary N) is 1. The SMILES string of the molecule is CC(C)C[C@H]1NC(=O)[C@@H](Cc2ccccc2)NC(=O)[C@@H](CC(=O)O)NC(=O)[C@@H](NC(=O)[C@@H](Cc2ccccc2)NC(=O)[C@@H]2CCCN2C(=O)[C@H](N)Cc2ccc(O)cc2)CSC(=O)[C@@H](CC(C)C)NC1=O. The summed E-state index contributed by atoms with van der Waals surface area (Å²) in [5, 5.41) is 35.0. The maximum Gasteiger partial charge on any atom is 0.305 e. The molecule has 10 N–H and O–H groups in total. The van der Waals surface area contributed by atoms with Gasteiger partial charge >= 0.3 is 5.97 Å². The summed E-state index contributed by atoms with van der Waals surface area (Å²) in [5.41, 5.74) is 8.27. The number of thioether (sulfide) groups is 1. The van der Waals surface area contributed by atoms with Crippen LogP contribution in [0.25, 0.3) is 0 Å². The molecule has 0 bridgehead atoms. The number of aromatic hydroxyl groups is 1. The molecule has 3 aromatic rings. The number of carboxylic acid groups (broad SMARTS) is 1. The van der Waals surface area contributed by atoms with Crippen molar-refractivity contribution in [3.8, 4) is 5.75 Å². The van der Waals surface area contributed by atoms with E-state index in [1.807, 2.05) is 27.7 Å². The monoisotopic (exact) mass is 998 g/mol. The van der Waals surface area contributed by atoms with E-state index in [1.165, 1.54) is 17.0 Å². The maximum atomic E-state index is 14.6. The molecule has 8 atom stereocenters. The second kappa shape index (κ2) is 26.4. The van der Waals surface area contributed by atoms with Gasteiger partial charge in [0.05, 0.1) is 18.5 Å². The van der Waals surface area contributed by atoms with Crippen LogP contribution in [0, 0.1) is 11.8 Å². The van der Waals surface area contributed by atoms with Crippen molar-refractivity contribution in [2.75, 3.05) is 12.3 Å². The van der Waals surface area contributed by atoms with Crippen molar-refractivity contribution < 1.29 is 53.4 Å². The van der Waals surface area contributed by atoms with E-state index >= 15 is 0 Å². The normalized spacial score (nSPS) is 22.4. The third kappa shape index (κ3) is 16.9. The average Bonchev–Trinajstić information content (AvgIpc) is 3.82. The molecule has 0 unspecified atom stereocenters. The summed E-state index contributed by atoms with van der Waals surface area (Å²) in [6.45, 7) is 7.62. The van der Waals surface area contributed by atoms with Crippen LogP contribution in [-0.4, -0.2) is 128 Å². The van der Waals surface area contributed by atoms with Crippen LogP contribution in [0.5, 0.6) is 5.75 Å². The summed E-state index contributed by atoms with van der Waals surface area (Å²) in [6, 6.07) is 13.1. The lowest BCUT2D eigenvalue weighted by Crippen LogP contribution is -2.61. The van der Waals surface area contributed by atoms with Crippen molar-refractivity contribution in [1.82, 2.24) is 36.8 Å². The first-order valence-corrected chi connectivity index (χ1v) is 24.9. The molecule has 5 rings (SSSR count). The number of likely N-dealkylation sites (tertiary alicyclic amines) is 1. The number of benzene rings is 3. The lowest BCUT2D eigenvalue weighted by molar-refractivity contribution is -0.142. The number of hydrogen-bond donors (Lipinski definition) is 9. The standard InChI is InChI=1S/C51H66N8O11S/c1-29(2)22-36-44(63)57-40(23-30(3)4)51(70)71-28-41(48(67)55-39(27-43(61)62)47(66)54-37(45(64)53-36)25-31-12-7-5-8-13-31)58-46(65)38(26-32-14-9-6-10-15-32)56-49(68)42-16-11-21-59(42)50(69)35(52)24-33-17-19-34(60)20-18-33/h5-10,12-15,17-20,29-30,35-42,60H,11,16,21-28,52H2,1-4H3,(H,53,64)(H,54,66)(H,55,67)(H,56,68)(H,57,63)(H,58,65)(H,61,62)/t35-,36-,37-,38-,39-,40-,41+,42+/m1/s1. The summed E-state index contributed by atoms with van der Waals surface area (Å²) in [7, 11) is 0. The van der Waals surface area contributed by atoms with Gasteiger partial charge in [-0.15, -0.1) is 0 Å². The van der Waals surface area contributed by atoms with Crippen LogP contribution in [0.4, 0.5) is 0 Å². The Morgan fingerprint density at radius 2 is 1.24 bits per heavy atom. The zero-order valence-corrected chi connectivity index (χ0v) is 41.2. The number of carbonyl (C=O) groups is 9. The number of carboxylic acids is 1. The molecule has 0 aromatic heterocycles. The third-order valence-electron chi connectivity index (χ3n) is 12.1. The van der Waals surface area contributed by atoms with E-state index in [0.717, 1.165) is 0 Å². The Morgan fingerprint density at radius 1 is 0.704 bits per heavy atom. The van der Waals surface area contributed by atoms with Gasteiger partial charge in [0.2, 0.25) is 46.5 Å². The van der Waals surface area contributed by atoms with Gasteiger partial charge in [-0.2, -0.15) is 0 Å². The first-order chi connectivity index (χ1) is 33.8. The molecule has 0 radical (unpaired) electrons. The van der Waals surface area contributed by atoms with Crippen LogP contribution >= 0.6 is 11.8 Å². The Hall–Kier alpha value is -6.80. The van der Waals surface area contributed by atoms with Gasteiger partial charge in [-0.05, 0) is 72.8 Å². The molecule has 382 valence electrons. The van der Waals surface area contributed by atoms with Gasteiger partial charge in [0, 0.05) is 25.1 Å². The van der Waals surface area contributed by atoms with Gasteiger partial charge in [0.1, 0.15) is 42.0 Å². The lowest BCUT2D eigenvalue weighted by Gasteiger charge is -2.30. The minimum atomic E-state index is -1.80. The van der Waals surface area contributed by atoms with E-state index in [0.29, 0.717) is 34.9 Å². The zero-order valence-electron chi connectivity index (χ0n) is 40.4. The molecule has 0 spiro atoms. The van der Waals surface area contributed by atoms with E-state index in [4.69, 9.17) is 5.73 Å². The number of amides is 7. The van der Waals surface area contributed by atoms with Crippen LogP contribution in [0.3, 0.4) is 0 Å². The fourth-order valence-corrected chi connectivity index (χ4v) is 9.38. The van der Waals surface area contributed by atoms with Gasteiger partial charge in [-0.3, -0.25) is 43.2 Å². The van der Waals surface area contributed by atoms with Crippen molar-refractivity contribution >= 4 is 64.2 Å². The molecule has 2 fully saturated rings. The van der Waals surface area contributed by atoms with E-state index < -0.39 is 113 Å². The predicted octanol–water partition coefficient (Wildman–Crippen LogP) is 1.49. The molecule has 20 heteroatoms. The minimum absolute atomic E-state index is 0.0505. The molecule has 2 aliphatic heterocycles. The number of aliphatic carboxylic acids is 1. The second-order valence-corrected chi connectivity index (χ2v) is 19.9. The van der Waals surface area contributed by atoms with Gasteiger partial charge in [-0.25, -0.2) is 0 Å². The molecule has 3 aromatic carbocycles. The van der Waals surface area contributed by atoms with Crippen LogP contribution in [0.1, 0.15) is 76.5 Å². The number of nitrogens with one attached hydrogen (secondary N) is 6. The highest BCUT2D eigenvalue weighted by atomic mass is 32.2. The minimum Gasteiger partial charge on any atom is -0.508 e. The first kappa shape index (κ1) is 55.1. The Kier molecular flexibility index (Phi) is 20.5. The van der Waals surface area contributed by atoms with Crippen molar-refractivity contribution in [1.29, 1.82) is 0 Å². The molecule has 2 heterocycles. The Morgan fingerprint density at radius 3 is 1.86 bits per heavy atom. The van der Waals surface area contributed by atoms with E-state index in [2.05, 4.69) is 31.9 Å². The number of rotatable bonds is 17. The van der Waals surface area contributed by atoms with Crippen LogP contribution < -0.4 is 37.6 Å². The molecule has 19 nitrogen and oxygen atoms in total. The van der Waals surface area contributed by atoms with Crippen molar-refractivity contribution in [3.05, 3.63) is 102 Å². The molecule has 2 saturated heterocycles. The molecule has 7 amide bonds. The van der Waals surface area contributed by atoms with E-state index in [9.17, 15) is 53.4 Å². The fraction of sp³-hybridized carbons (Fsp3) is 0.471. The lowest BCUT2D eigenvalue weighted by atomic mass is 9.99. The highest BCUT2D eigenvalue weighted by Gasteiger charge is 2.40. The quantitative estimate of drug-likeness (QED) is 0.0928. The fourth-order valence-electron chi connectivity index (χ4n) is 8.46. The second-order valence-electron chi connectivity index (χ2n) is 18.9. The third-order valence-corrected chi connectivity index (χ3v) is 13.1. The van der Waals surface area contributed by atoms with Crippen LogP contribution in [0.15, 0.2) is 84.9 Å². The van der Waals surface area contributed by atoms with Crippen molar-refractivity contribution in [3.63, 3.8) is 0 Å². The number of nitrogens with zero attached hydrogens (tertiary/aromatic N) is 1. The predicted molar refractivity (Wildman–Crippen MR) is 265 cm³/mol. The Labute approximate surface area is 417 Å². The Balaban J connectivity index is 1.46. The molecular formula is C51H66N8O11S. The molecule has 71 heavy (non-hydrogen) atoms. The smallest absolute Gasteiger partial charge is 0.305 e. The van der Waals surface area contributed by atoms with Gasteiger partial charge in [0.25, 0.3) is 0 Å². The van der Waals surface area contributed by atoms with E-state index in [1.54, 1.807) is 72.8 Å². The van der Waals surface area contributed by atoms with Crippen molar-refractivity contribution in [2.45, 2.75) is 127 Å². The van der Waals surface area contributed by atoms with Gasteiger partial charge < -0.3 is 52.7 Å². The highest BCUT2D eigenvalue weighted by Crippen LogP contribution is 2.22. The highest BCUT2D eigenvalue weighted by molar-refractivity contribution is 8.13. The molecule has 0 saturated carbocycles. The number of phenols is 1. The van der Waals surface area contributed by atoms with Gasteiger partial charge in [-0.1, -0.05) is 112 Å². The first-order valence-electron chi connectivity index (χ1n) is 23.9. The number of carbonyl (C=O) groups excluding carboxylic acids is 8. The summed E-state index contributed by atoms with van der Waals surface area (Å²) in [6.07, 6.45) is 0.0854. The average molecular weight is 999 g/mol. The van der Waals surface area contributed by atoms with Crippen LogP contribution in [-0.2, 0) is 62.4 Å². The van der Waals surface area contributed by atoms with Crippen molar-refractivity contribution in [2.24, 2.45) is 17.6 Å². The van der Waals surface area contributed by atoms with E-state index in [-0.39, 0.29) is 62.7 Å².